The number of para-hydroxylation sites is 1. The summed E-state index contributed by atoms with van der Waals surface area (Å²) in [4.78, 5) is 8.85. The predicted molar refractivity (Wildman–Crippen MR) is 78.4 cm³/mol. The summed E-state index contributed by atoms with van der Waals surface area (Å²) >= 11 is 9.33. The maximum Gasteiger partial charge on any atom is 0.151 e. The van der Waals surface area contributed by atoms with E-state index >= 15 is 0 Å². The monoisotopic (exact) mass is 292 g/mol. The Kier molecular flexibility index (Phi) is 3.50. The van der Waals surface area contributed by atoms with Gasteiger partial charge in [-0.2, -0.15) is 0 Å². The molecule has 5 heteroatoms. The third kappa shape index (κ3) is 2.66. The minimum absolute atomic E-state index is 0.727. The van der Waals surface area contributed by atoms with Gasteiger partial charge in [-0.15, -0.1) is 11.3 Å². The van der Waals surface area contributed by atoms with Gasteiger partial charge in [0, 0.05) is 17.0 Å². The highest BCUT2D eigenvalue weighted by molar-refractivity contribution is 8.00. The first-order valence-corrected chi connectivity index (χ1v) is 7.58. The number of thiazole rings is 1. The molecule has 0 radical (unpaired) electrons. The Morgan fingerprint density at radius 2 is 2.11 bits per heavy atom. The molecule has 0 unspecified atom stereocenters. The van der Waals surface area contributed by atoms with Crippen molar-refractivity contribution in [2.75, 3.05) is 0 Å². The Morgan fingerprint density at radius 3 is 2.94 bits per heavy atom. The summed E-state index contributed by atoms with van der Waals surface area (Å²) in [5.41, 5.74) is 2.04. The molecule has 0 amide bonds. The highest BCUT2D eigenvalue weighted by Crippen LogP contribution is 2.31. The molecule has 0 bridgehead atoms. The molecule has 0 aliphatic carbocycles. The molecule has 2 aromatic heterocycles. The SMILES string of the molecule is Clc1ccnc(CSc2nc3ccccc3s2)c1. The van der Waals surface area contributed by atoms with Crippen LogP contribution in [0.25, 0.3) is 10.2 Å². The Labute approximate surface area is 118 Å². The summed E-state index contributed by atoms with van der Waals surface area (Å²) in [5, 5.41) is 0.727. The zero-order chi connectivity index (χ0) is 12.4. The van der Waals surface area contributed by atoms with Crippen molar-refractivity contribution in [2.45, 2.75) is 10.1 Å². The number of nitrogens with zero attached hydrogens (tertiary/aromatic N) is 2. The molecular formula is C13H9ClN2S2. The number of halogens is 1. The molecular weight excluding hydrogens is 284 g/mol. The number of rotatable bonds is 3. The fourth-order valence-electron chi connectivity index (χ4n) is 1.58. The number of thioether (sulfide) groups is 1. The molecule has 0 saturated heterocycles. The highest BCUT2D eigenvalue weighted by atomic mass is 35.5. The van der Waals surface area contributed by atoms with Gasteiger partial charge in [0.05, 0.1) is 15.9 Å². The molecule has 2 heterocycles. The molecule has 18 heavy (non-hydrogen) atoms. The Bertz CT molecular complexity index is 648. The molecule has 90 valence electrons. The standard InChI is InChI=1S/C13H9ClN2S2/c14-9-5-6-15-10(7-9)8-17-13-16-11-3-1-2-4-12(11)18-13/h1-7H,8H2. The quantitative estimate of drug-likeness (QED) is 0.658. The van der Waals surface area contributed by atoms with Gasteiger partial charge in [-0.05, 0) is 24.3 Å². The molecule has 0 atom stereocenters. The second-order valence-electron chi connectivity index (χ2n) is 3.70. The predicted octanol–water partition coefficient (Wildman–Crippen LogP) is 4.64. The van der Waals surface area contributed by atoms with E-state index in [0.29, 0.717) is 0 Å². The van der Waals surface area contributed by atoms with Crippen LogP contribution in [0, 0.1) is 0 Å². The third-order valence-corrected chi connectivity index (χ3v) is 4.84. The van der Waals surface area contributed by atoms with Crippen LogP contribution < -0.4 is 0 Å². The smallest absolute Gasteiger partial charge is 0.151 e. The lowest BCUT2D eigenvalue weighted by atomic mass is 10.3. The van der Waals surface area contributed by atoms with E-state index in [9.17, 15) is 0 Å². The largest absolute Gasteiger partial charge is 0.260 e. The lowest BCUT2D eigenvalue weighted by Crippen LogP contribution is -1.85. The summed E-state index contributed by atoms with van der Waals surface area (Å²) in [6.45, 7) is 0. The fraction of sp³-hybridized carbons (Fsp3) is 0.0769. The van der Waals surface area contributed by atoms with Crippen molar-refractivity contribution in [1.29, 1.82) is 0 Å². The lowest BCUT2D eigenvalue weighted by Gasteiger charge is -1.98. The summed E-state index contributed by atoms with van der Waals surface area (Å²) < 4.78 is 2.29. The summed E-state index contributed by atoms with van der Waals surface area (Å²) in [6, 6.07) is 11.8. The van der Waals surface area contributed by atoms with Gasteiger partial charge in [-0.25, -0.2) is 4.98 Å². The van der Waals surface area contributed by atoms with Gasteiger partial charge in [0.15, 0.2) is 4.34 Å². The first-order chi connectivity index (χ1) is 8.81. The zero-order valence-corrected chi connectivity index (χ0v) is 11.7. The maximum atomic E-state index is 5.93. The van der Waals surface area contributed by atoms with Gasteiger partial charge >= 0.3 is 0 Å². The van der Waals surface area contributed by atoms with Crippen molar-refractivity contribution in [1.82, 2.24) is 9.97 Å². The second kappa shape index (κ2) is 5.26. The average molecular weight is 293 g/mol. The van der Waals surface area contributed by atoms with Crippen molar-refractivity contribution in [3.8, 4) is 0 Å². The first-order valence-electron chi connectivity index (χ1n) is 5.40. The van der Waals surface area contributed by atoms with Crippen LogP contribution in [0.15, 0.2) is 46.9 Å². The van der Waals surface area contributed by atoms with Crippen molar-refractivity contribution in [3.63, 3.8) is 0 Å². The van der Waals surface area contributed by atoms with E-state index in [0.717, 1.165) is 26.3 Å². The highest BCUT2D eigenvalue weighted by Gasteiger charge is 2.04. The molecule has 0 aliphatic rings. The van der Waals surface area contributed by atoms with Crippen molar-refractivity contribution in [3.05, 3.63) is 53.3 Å². The van der Waals surface area contributed by atoms with Gasteiger partial charge in [-0.1, -0.05) is 35.5 Å². The molecule has 2 nitrogen and oxygen atoms in total. The average Bonchev–Trinajstić information content (AvgIpc) is 2.79. The van der Waals surface area contributed by atoms with Crippen LogP contribution in [-0.2, 0) is 5.75 Å². The van der Waals surface area contributed by atoms with E-state index in [1.165, 1.54) is 4.70 Å². The van der Waals surface area contributed by atoms with E-state index < -0.39 is 0 Å². The van der Waals surface area contributed by atoms with Gasteiger partial charge in [0.1, 0.15) is 0 Å². The molecule has 0 spiro atoms. The summed E-state index contributed by atoms with van der Waals surface area (Å²) in [6.07, 6.45) is 1.73. The Balaban J connectivity index is 1.76. The molecule has 3 aromatic rings. The number of pyridine rings is 1. The van der Waals surface area contributed by atoms with Crippen LogP contribution >= 0.6 is 34.7 Å². The molecule has 1 aromatic carbocycles. The van der Waals surface area contributed by atoms with E-state index in [2.05, 4.69) is 16.0 Å². The first kappa shape index (κ1) is 12.0. The topological polar surface area (TPSA) is 25.8 Å². The van der Waals surface area contributed by atoms with Crippen molar-refractivity contribution >= 4 is 44.9 Å². The maximum absolute atomic E-state index is 5.93. The van der Waals surface area contributed by atoms with Crippen molar-refractivity contribution < 1.29 is 0 Å². The van der Waals surface area contributed by atoms with Gasteiger partial charge in [0.2, 0.25) is 0 Å². The van der Waals surface area contributed by atoms with Crippen LogP contribution in [0.1, 0.15) is 5.69 Å². The van der Waals surface area contributed by atoms with E-state index in [4.69, 9.17) is 11.6 Å². The van der Waals surface area contributed by atoms with Crippen LogP contribution in [0.4, 0.5) is 0 Å². The van der Waals surface area contributed by atoms with Gasteiger partial charge < -0.3 is 0 Å². The third-order valence-electron chi connectivity index (χ3n) is 2.40. The zero-order valence-electron chi connectivity index (χ0n) is 9.34. The van der Waals surface area contributed by atoms with E-state index in [-0.39, 0.29) is 0 Å². The van der Waals surface area contributed by atoms with Gasteiger partial charge in [0.25, 0.3) is 0 Å². The Morgan fingerprint density at radius 1 is 1.22 bits per heavy atom. The number of benzene rings is 1. The van der Waals surface area contributed by atoms with Crippen LogP contribution in [-0.4, -0.2) is 9.97 Å². The van der Waals surface area contributed by atoms with Crippen LogP contribution in [0.2, 0.25) is 5.02 Å². The number of hydrogen-bond acceptors (Lipinski definition) is 4. The van der Waals surface area contributed by atoms with Gasteiger partial charge in [-0.3, -0.25) is 4.98 Å². The molecule has 0 fully saturated rings. The number of fused-ring (bicyclic) bond motifs is 1. The molecule has 0 aliphatic heterocycles. The number of aromatic nitrogens is 2. The molecule has 3 rings (SSSR count). The van der Waals surface area contributed by atoms with E-state index in [1.807, 2.05) is 24.3 Å². The molecule has 0 saturated carbocycles. The molecule has 0 N–H and O–H groups in total. The summed E-state index contributed by atoms with van der Waals surface area (Å²) in [7, 11) is 0. The van der Waals surface area contributed by atoms with Crippen molar-refractivity contribution in [2.24, 2.45) is 0 Å². The minimum atomic E-state index is 0.727. The van der Waals surface area contributed by atoms with Crippen LogP contribution in [0.5, 0.6) is 0 Å². The minimum Gasteiger partial charge on any atom is -0.260 e. The van der Waals surface area contributed by atoms with Crippen LogP contribution in [0.3, 0.4) is 0 Å². The Hall–Kier alpha value is -1.10. The number of hydrogen-bond donors (Lipinski definition) is 0. The normalized spacial score (nSPS) is 10.9. The fourth-order valence-corrected chi connectivity index (χ4v) is 3.73. The van der Waals surface area contributed by atoms with E-state index in [1.54, 1.807) is 35.4 Å². The lowest BCUT2D eigenvalue weighted by molar-refractivity contribution is 1.17. The summed E-state index contributed by atoms with van der Waals surface area (Å²) in [5.74, 6) is 0.792. The second-order valence-corrected chi connectivity index (χ2v) is 6.39.